The van der Waals surface area contributed by atoms with Gasteiger partial charge >= 0.3 is 0 Å². The number of guanidine groups is 1. The Morgan fingerprint density at radius 3 is 2.65 bits per heavy atom. The number of aliphatic imine (C=N–C) groups is 1. The van der Waals surface area contributed by atoms with E-state index < -0.39 is 0 Å². The van der Waals surface area contributed by atoms with Gasteiger partial charge in [-0.3, -0.25) is 4.99 Å². The van der Waals surface area contributed by atoms with Crippen LogP contribution >= 0.6 is 35.7 Å². The van der Waals surface area contributed by atoms with Gasteiger partial charge in [-0.1, -0.05) is 6.42 Å². The van der Waals surface area contributed by atoms with Crippen molar-refractivity contribution < 1.29 is 4.74 Å². The Morgan fingerprint density at radius 2 is 2.00 bits per heavy atom. The fourth-order valence-electron chi connectivity index (χ4n) is 3.84. The molecule has 0 spiro atoms. The summed E-state index contributed by atoms with van der Waals surface area (Å²) in [6.07, 6.45) is 10.0. The smallest absolute Gasteiger partial charge is 0.191 e. The average Bonchev–Trinajstić information content (AvgIpc) is 2.65. The monoisotopic (exact) mass is 498 g/mol. The van der Waals surface area contributed by atoms with Gasteiger partial charge in [-0.25, -0.2) is 0 Å². The molecule has 26 heavy (non-hydrogen) atoms. The van der Waals surface area contributed by atoms with Gasteiger partial charge in [0.15, 0.2) is 5.96 Å². The molecular weight excluding hydrogens is 459 g/mol. The molecule has 0 aromatic rings. The van der Waals surface area contributed by atoms with E-state index in [9.17, 15) is 0 Å². The van der Waals surface area contributed by atoms with E-state index in [1.54, 1.807) is 7.11 Å². The van der Waals surface area contributed by atoms with E-state index in [1.807, 2.05) is 11.8 Å². The van der Waals surface area contributed by atoms with Crippen LogP contribution in [0.5, 0.6) is 0 Å². The van der Waals surface area contributed by atoms with Crippen molar-refractivity contribution in [3.63, 3.8) is 0 Å². The number of methoxy groups -OCH3 is 1. The maximum atomic E-state index is 5.18. The van der Waals surface area contributed by atoms with Crippen molar-refractivity contribution in [1.29, 1.82) is 0 Å². The molecular formula is C19H39IN4OS. The van der Waals surface area contributed by atoms with Gasteiger partial charge in [0, 0.05) is 38.0 Å². The van der Waals surface area contributed by atoms with Crippen LogP contribution in [-0.2, 0) is 4.74 Å². The summed E-state index contributed by atoms with van der Waals surface area (Å²) in [6, 6.07) is 0.583. The van der Waals surface area contributed by atoms with Crippen LogP contribution < -0.4 is 10.6 Å². The molecule has 0 amide bonds. The first kappa shape index (κ1) is 24.3. The summed E-state index contributed by atoms with van der Waals surface area (Å²) >= 11 is 2.02. The summed E-state index contributed by atoms with van der Waals surface area (Å²) in [5.74, 6) is 1.75. The third-order valence-electron chi connectivity index (χ3n) is 5.47. The standard InChI is InChI=1S/C19H38N4OS.HI/c1-4-20-19(22-17-6-5-7-18(14-17)25-3)21-15-16-8-10-23(11-9-16)12-13-24-2;/h16-18H,4-15H2,1-3H3,(H2,20,21,22);1H. The lowest BCUT2D eigenvalue weighted by Gasteiger charge is -2.32. The second kappa shape index (κ2) is 14.3. The Kier molecular flexibility index (Phi) is 13.4. The van der Waals surface area contributed by atoms with E-state index in [2.05, 4.69) is 28.7 Å². The molecule has 0 bridgehead atoms. The fraction of sp³-hybridized carbons (Fsp3) is 0.947. The molecule has 1 aliphatic heterocycles. The number of thioether (sulfide) groups is 1. The summed E-state index contributed by atoms with van der Waals surface area (Å²) in [6.45, 7) is 8.31. The average molecular weight is 499 g/mol. The Labute approximate surface area is 181 Å². The predicted octanol–water partition coefficient (Wildman–Crippen LogP) is 3.19. The zero-order valence-corrected chi connectivity index (χ0v) is 20.0. The van der Waals surface area contributed by atoms with E-state index in [4.69, 9.17) is 9.73 Å². The number of halogens is 1. The lowest BCUT2D eigenvalue weighted by Crippen LogP contribution is -2.46. The number of piperidine rings is 1. The number of likely N-dealkylation sites (tertiary alicyclic amines) is 1. The van der Waals surface area contributed by atoms with Crippen LogP contribution in [0, 0.1) is 5.92 Å². The number of nitrogens with zero attached hydrogens (tertiary/aromatic N) is 2. The third kappa shape index (κ3) is 8.97. The molecule has 2 unspecified atom stereocenters. The summed E-state index contributed by atoms with van der Waals surface area (Å²) in [5, 5.41) is 7.95. The molecule has 0 radical (unpaired) electrons. The maximum Gasteiger partial charge on any atom is 0.191 e. The maximum absolute atomic E-state index is 5.18. The Balaban J connectivity index is 0.00000338. The minimum absolute atomic E-state index is 0. The second-order valence-corrected chi connectivity index (χ2v) is 8.50. The van der Waals surface area contributed by atoms with Gasteiger partial charge in [-0.15, -0.1) is 24.0 Å². The summed E-state index contributed by atoms with van der Waals surface area (Å²) in [7, 11) is 1.78. The van der Waals surface area contributed by atoms with Crippen molar-refractivity contribution in [3.8, 4) is 0 Å². The SMILES string of the molecule is CCNC(=NCC1CCN(CCOC)CC1)NC1CCCC(SC)C1.I. The van der Waals surface area contributed by atoms with E-state index in [0.717, 1.165) is 43.4 Å². The molecule has 2 atom stereocenters. The molecule has 2 aliphatic rings. The van der Waals surface area contributed by atoms with Crippen LogP contribution in [0.4, 0.5) is 0 Å². The number of hydrogen-bond donors (Lipinski definition) is 2. The van der Waals surface area contributed by atoms with Gasteiger partial charge in [-0.05, 0) is 64.3 Å². The van der Waals surface area contributed by atoms with Gasteiger partial charge in [0.05, 0.1) is 6.61 Å². The molecule has 1 heterocycles. The molecule has 2 fully saturated rings. The van der Waals surface area contributed by atoms with Gasteiger partial charge < -0.3 is 20.3 Å². The minimum atomic E-state index is 0. The second-order valence-electron chi connectivity index (χ2n) is 7.36. The summed E-state index contributed by atoms with van der Waals surface area (Å²) in [5.41, 5.74) is 0. The highest BCUT2D eigenvalue weighted by Gasteiger charge is 2.22. The van der Waals surface area contributed by atoms with Crippen LogP contribution in [0.25, 0.3) is 0 Å². The van der Waals surface area contributed by atoms with Crippen molar-refractivity contribution >= 4 is 41.7 Å². The van der Waals surface area contributed by atoms with Gasteiger partial charge in [0.1, 0.15) is 0 Å². The summed E-state index contributed by atoms with van der Waals surface area (Å²) < 4.78 is 5.18. The minimum Gasteiger partial charge on any atom is -0.383 e. The lowest BCUT2D eigenvalue weighted by molar-refractivity contribution is 0.121. The van der Waals surface area contributed by atoms with Crippen molar-refractivity contribution in [2.24, 2.45) is 10.9 Å². The Morgan fingerprint density at radius 1 is 1.23 bits per heavy atom. The van der Waals surface area contributed by atoms with E-state index in [0.29, 0.717) is 6.04 Å². The normalized spacial score (nSPS) is 25.6. The Hall–Kier alpha value is 0.270. The van der Waals surface area contributed by atoms with Gasteiger partial charge in [0.2, 0.25) is 0 Å². The highest BCUT2D eigenvalue weighted by molar-refractivity contribution is 14.0. The molecule has 1 saturated heterocycles. The largest absolute Gasteiger partial charge is 0.383 e. The van der Waals surface area contributed by atoms with Gasteiger partial charge in [0.25, 0.3) is 0 Å². The first-order chi connectivity index (χ1) is 12.2. The Bertz CT molecular complexity index is 392. The summed E-state index contributed by atoms with van der Waals surface area (Å²) in [4.78, 5) is 7.43. The van der Waals surface area contributed by atoms with Crippen LogP contribution in [0.15, 0.2) is 4.99 Å². The molecule has 0 aromatic heterocycles. The molecule has 2 N–H and O–H groups in total. The number of ether oxygens (including phenoxy) is 1. The topological polar surface area (TPSA) is 48.9 Å². The van der Waals surface area contributed by atoms with Crippen LogP contribution in [0.3, 0.4) is 0 Å². The highest BCUT2D eigenvalue weighted by atomic mass is 127. The van der Waals surface area contributed by atoms with Crippen LogP contribution in [-0.4, -0.2) is 74.8 Å². The van der Waals surface area contributed by atoms with E-state index in [-0.39, 0.29) is 24.0 Å². The lowest BCUT2D eigenvalue weighted by atomic mass is 9.95. The molecule has 1 saturated carbocycles. The molecule has 1 aliphatic carbocycles. The fourth-order valence-corrected chi connectivity index (χ4v) is 4.66. The zero-order valence-electron chi connectivity index (χ0n) is 16.8. The quantitative estimate of drug-likeness (QED) is 0.306. The molecule has 7 heteroatoms. The molecule has 2 rings (SSSR count). The van der Waals surface area contributed by atoms with Gasteiger partial charge in [-0.2, -0.15) is 11.8 Å². The predicted molar refractivity (Wildman–Crippen MR) is 125 cm³/mol. The van der Waals surface area contributed by atoms with Crippen molar-refractivity contribution in [2.75, 3.05) is 52.7 Å². The first-order valence-electron chi connectivity index (χ1n) is 10.0. The van der Waals surface area contributed by atoms with Crippen molar-refractivity contribution in [3.05, 3.63) is 0 Å². The van der Waals surface area contributed by atoms with E-state index >= 15 is 0 Å². The van der Waals surface area contributed by atoms with Crippen LogP contribution in [0.1, 0.15) is 45.4 Å². The number of hydrogen-bond acceptors (Lipinski definition) is 4. The van der Waals surface area contributed by atoms with E-state index in [1.165, 1.54) is 51.6 Å². The molecule has 0 aromatic carbocycles. The van der Waals surface area contributed by atoms with Crippen molar-refractivity contribution in [2.45, 2.75) is 56.7 Å². The number of rotatable bonds is 8. The van der Waals surface area contributed by atoms with Crippen LogP contribution in [0.2, 0.25) is 0 Å². The molecule has 5 nitrogen and oxygen atoms in total. The first-order valence-corrected chi connectivity index (χ1v) is 11.3. The molecule has 154 valence electrons. The number of nitrogens with one attached hydrogen (secondary N) is 2. The van der Waals surface area contributed by atoms with Crippen molar-refractivity contribution in [1.82, 2.24) is 15.5 Å². The highest BCUT2D eigenvalue weighted by Crippen LogP contribution is 2.26. The third-order valence-corrected chi connectivity index (χ3v) is 6.57. The zero-order chi connectivity index (χ0) is 17.9.